The van der Waals surface area contributed by atoms with E-state index in [0.29, 0.717) is 12.8 Å². The molecule has 0 aliphatic heterocycles. The van der Waals surface area contributed by atoms with Crippen molar-refractivity contribution in [2.75, 3.05) is 6.61 Å². The van der Waals surface area contributed by atoms with E-state index in [-0.39, 0.29) is 13.0 Å². The Balaban J connectivity index is 3.42. The molecule has 0 aromatic rings. The van der Waals surface area contributed by atoms with Gasteiger partial charge in [0.05, 0.1) is 6.61 Å². The van der Waals surface area contributed by atoms with Crippen molar-refractivity contribution in [3.05, 3.63) is 0 Å². The molecule has 0 saturated carbocycles. The molecule has 0 aliphatic carbocycles. The topological polar surface area (TPSA) is 60.4 Å². The predicted molar refractivity (Wildman–Crippen MR) is 170 cm³/mol. The number of hydrogen-bond acceptors (Lipinski definition) is 4. The van der Waals surface area contributed by atoms with Gasteiger partial charge in [0, 0.05) is 6.42 Å². The summed E-state index contributed by atoms with van der Waals surface area (Å²) in [6.07, 6.45) is 36.5. The summed E-state index contributed by atoms with van der Waals surface area (Å²) in [4.78, 5) is 12.1. The van der Waals surface area contributed by atoms with Crippen LogP contribution in [0.5, 0.6) is 0 Å². The van der Waals surface area contributed by atoms with Crippen LogP contribution in [0.15, 0.2) is 0 Å². The van der Waals surface area contributed by atoms with Gasteiger partial charge >= 0.3 is 10.1 Å². The van der Waals surface area contributed by atoms with Gasteiger partial charge in [-0.3, -0.25) is 8.98 Å². The summed E-state index contributed by atoms with van der Waals surface area (Å²) in [6.45, 7) is 4.67. The van der Waals surface area contributed by atoms with Crippen molar-refractivity contribution in [3.63, 3.8) is 0 Å². The molecule has 234 valence electrons. The van der Waals surface area contributed by atoms with Gasteiger partial charge in [-0.05, 0) is 12.8 Å². The third-order valence-corrected chi connectivity index (χ3v) is 9.24. The number of rotatable bonds is 32. The summed E-state index contributed by atoms with van der Waals surface area (Å²) in [5.74, 6) is 0. The largest absolute Gasteiger partial charge is 0.331 e. The molecule has 0 bridgehead atoms. The van der Waals surface area contributed by atoms with Crippen molar-refractivity contribution < 1.29 is 17.4 Å². The van der Waals surface area contributed by atoms with Crippen LogP contribution in [0.25, 0.3) is 0 Å². The number of hydrogen-bond donors (Lipinski definition) is 0. The molecule has 4 nitrogen and oxygen atoms in total. The minimum absolute atomic E-state index is 0.0966. The van der Waals surface area contributed by atoms with Gasteiger partial charge in [-0.15, -0.1) is 0 Å². The second-order valence-electron chi connectivity index (χ2n) is 11.9. The SMILES string of the molecule is CCCCCCCCCCCCCCCCCC(=O)S(=O)(=O)OCCCCCCCCCCCCCCCC. The van der Waals surface area contributed by atoms with E-state index in [1.54, 1.807) is 0 Å². The maximum absolute atomic E-state index is 12.1. The van der Waals surface area contributed by atoms with E-state index in [2.05, 4.69) is 13.8 Å². The van der Waals surface area contributed by atoms with E-state index in [4.69, 9.17) is 4.18 Å². The number of carbonyl (C=O) groups is 1. The van der Waals surface area contributed by atoms with Crippen molar-refractivity contribution >= 4 is 15.2 Å². The Morgan fingerprint density at radius 2 is 0.667 bits per heavy atom. The molecule has 0 N–H and O–H groups in total. The van der Waals surface area contributed by atoms with E-state index in [0.717, 1.165) is 25.7 Å². The summed E-state index contributed by atoms with van der Waals surface area (Å²) in [7, 11) is -4.04. The average Bonchev–Trinajstić information content (AvgIpc) is 2.92. The maximum Gasteiger partial charge on any atom is 0.331 e. The van der Waals surface area contributed by atoms with Crippen molar-refractivity contribution in [3.8, 4) is 0 Å². The quantitative estimate of drug-likeness (QED) is 0.0594. The zero-order valence-electron chi connectivity index (χ0n) is 26.5. The van der Waals surface area contributed by atoms with Crippen molar-refractivity contribution in [2.45, 2.75) is 206 Å². The minimum Gasteiger partial charge on any atom is -0.279 e. The van der Waals surface area contributed by atoms with Crippen LogP contribution >= 0.6 is 0 Å². The van der Waals surface area contributed by atoms with Crippen molar-refractivity contribution in [1.29, 1.82) is 0 Å². The third kappa shape index (κ3) is 28.9. The molecular weight excluding hydrogens is 504 g/mol. The van der Waals surface area contributed by atoms with Crippen LogP contribution in [0.3, 0.4) is 0 Å². The van der Waals surface area contributed by atoms with Crippen LogP contribution in [-0.4, -0.2) is 20.1 Å². The number of unbranched alkanes of at least 4 members (excludes halogenated alkanes) is 27. The molecule has 0 spiro atoms. The summed E-state index contributed by atoms with van der Waals surface area (Å²) in [5.41, 5.74) is 0. The van der Waals surface area contributed by atoms with Gasteiger partial charge in [-0.25, -0.2) is 0 Å². The van der Waals surface area contributed by atoms with Crippen LogP contribution in [0.2, 0.25) is 0 Å². The molecule has 39 heavy (non-hydrogen) atoms. The summed E-state index contributed by atoms with van der Waals surface area (Å²) < 4.78 is 29.1. The van der Waals surface area contributed by atoms with Gasteiger partial charge in [0.25, 0.3) is 5.12 Å². The molecule has 0 rings (SSSR count). The molecule has 5 heteroatoms. The van der Waals surface area contributed by atoms with Crippen molar-refractivity contribution in [1.82, 2.24) is 0 Å². The molecule has 0 aromatic carbocycles. The molecule has 0 fully saturated rings. The summed E-state index contributed by atoms with van der Waals surface area (Å²) in [5, 5.41) is -0.734. The zero-order chi connectivity index (χ0) is 28.7. The Bertz CT molecular complexity index is 602. The first kappa shape index (κ1) is 38.6. The smallest absolute Gasteiger partial charge is 0.279 e. The highest BCUT2D eigenvalue weighted by atomic mass is 32.2. The van der Waals surface area contributed by atoms with Gasteiger partial charge in [0.1, 0.15) is 0 Å². The van der Waals surface area contributed by atoms with E-state index >= 15 is 0 Å². The molecule has 0 unspecified atom stereocenters. The maximum atomic E-state index is 12.1. The van der Waals surface area contributed by atoms with Crippen LogP contribution in [0, 0.1) is 0 Å². The monoisotopic (exact) mass is 572 g/mol. The number of carbonyl (C=O) groups excluding carboxylic acids is 1. The summed E-state index contributed by atoms with van der Waals surface area (Å²) >= 11 is 0. The normalized spacial score (nSPS) is 11.8. The fraction of sp³-hybridized carbons (Fsp3) is 0.971. The van der Waals surface area contributed by atoms with E-state index < -0.39 is 15.2 Å². The first-order valence-electron chi connectivity index (χ1n) is 17.5. The van der Waals surface area contributed by atoms with Crippen LogP contribution in [-0.2, 0) is 19.1 Å². The Morgan fingerprint density at radius 1 is 0.410 bits per heavy atom. The minimum atomic E-state index is -4.04. The van der Waals surface area contributed by atoms with Crippen LogP contribution in [0.1, 0.15) is 206 Å². The second-order valence-corrected chi connectivity index (χ2v) is 13.5. The zero-order valence-corrected chi connectivity index (χ0v) is 27.3. The third-order valence-electron chi connectivity index (χ3n) is 8.00. The van der Waals surface area contributed by atoms with Gasteiger partial charge < -0.3 is 0 Å². The van der Waals surface area contributed by atoms with Gasteiger partial charge in [0.15, 0.2) is 0 Å². The Hall–Kier alpha value is -0.420. The lowest BCUT2D eigenvalue weighted by molar-refractivity contribution is -0.112. The van der Waals surface area contributed by atoms with E-state index in [1.807, 2.05) is 0 Å². The molecule has 0 radical (unpaired) electrons. The fourth-order valence-electron chi connectivity index (χ4n) is 5.30. The Kier molecular flexibility index (Phi) is 30.2. The lowest BCUT2D eigenvalue weighted by atomic mass is 10.0. The van der Waals surface area contributed by atoms with Crippen LogP contribution < -0.4 is 0 Å². The summed E-state index contributed by atoms with van der Waals surface area (Å²) in [6, 6.07) is 0. The first-order chi connectivity index (χ1) is 19.0. The predicted octanol–water partition coefficient (Wildman–Crippen LogP) is 11.6. The molecule has 0 amide bonds. The highest BCUT2D eigenvalue weighted by Gasteiger charge is 2.22. The van der Waals surface area contributed by atoms with Gasteiger partial charge in [0.2, 0.25) is 0 Å². The van der Waals surface area contributed by atoms with Crippen molar-refractivity contribution in [2.24, 2.45) is 0 Å². The Morgan fingerprint density at radius 3 is 0.974 bits per heavy atom. The lowest BCUT2D eigenvalue weighted by Crippen LogP contribution is -2.18. The van der Waals surface area contributed by atoms with E-state index in [1.165, 1.54) is 148 Å². The molecule has 0 heterocycles. The van der Waals surface area contributed by atoms with Gasteiger partial charge in [-0.1, -0.05) is 187 Å². The van der Waals surface area contributed by atoms with E-state index in [9.17, 15) is 13.2 Å². The molecule has 0 aromatic heterocycles. The molecule has 0 aliphatic rings. The fourth-order valence-corrected chi connectivity index (χ4v) is 6.16. The molecule has 0 atom stereocenters. The lowest BCUT2D eigenvalue weighted by Gasteiger charge is -2.06. The van der Waals surface area contributed by atoms with Gasteiger partial charge in [-0.2, -0.15) is 8.42 Å². The standard InChI is InChI=1S/C34H68O4S/c1-3-5-7-9-11-13-15-17-19-20-22-24-26-28-30-32-34(35)39(36,37)38-33-31-29-27-25-23-21-18-16-14-12-10-8-6-4-2/h3-33H2,1-2H3. The highest BCUT2D eigenvalue weighted by Crippen LogP contribution is 2.15. The van der Waals surface area contributed by atoms with Crippen LogP contribution in [0.4, 0.5) is 0 Å². The first-order valence-corrected chi connectivity index (χ1v) is 18.9. The molecule has 0 saturated heterocycles. The average molecular weight is 573 g/mol. The Labute approximate surface area is 245 Å². The highest BCUT2D eigenvalue weighted by molar-refractivity contribution is 8.02. The molecular formula is C34H68O4S. The second kappa shape index (κ2) is 30.5.